The zero-order valence-electron chi connectivity index (χ0n) is 25.8. The van der Waals surface area contributed by atoms with E-state index in [0.29, 0.717) is 30.9 Å². The van der Waals surface area contributed by atoms with E-state index in [1.54, 1.807) is 0 Å². The number of anilines is 1. The van der Waals surface area contributed by atoms with Crippen molar-refractivity contribution in [2.75, 3.05) is 30.6 Å². The van der Waals surface area contributed by atoms with Gasteiger partial charge in [0, 0.05) is 25.6 Å². The molecule has 12 heteroatoms. The number of ether oxygens (including phenoxy) is 2. The van der Waals surface area contributed by atoms with Crippen LogP contribution in [0.5, 0.6) is 11.5 Å². The Morgan fingerprint density at radius 1 is 0.830 bits per heavy atom. The van der Waals surface area contributed by atoms with E-state index < -0.39 is 46.1 Å². The van der Waals surface area contributed by atoms with Crippen LogP contribution in [0.15, 0.2) is 102 Å². The highest BCUT2D eigenvalue weighted by molar-refractivity contribution is 7.92. The Morgan fingerprint density at radius 2 is 1.47 bits per heavy atom. The summed E-state index contributed by atoms with van der Waals surface area (Å²) in [6.45, 7) is 1.97. The lowest BCUT2D eigenvalue weighted by molar-refractivity contribution is -0.140. The van der Waals surface area contributed by atoms with Crippen molar-refractivity contribution in [1.82, 2.24) is 10.2 Å². The molecule has 0 fully saturated rings. The fourth-order valence-electron chi connectivity index (χ4n) is 5.15. The van der Waals surface area contributed by atoms with Crippen molar-refractivity contribution in [3.63, 3.8) is 0 Å². The summed E-state index contributed by atoms with van der Waals surface area (Å²) in [4.78, 5) is 29.2. The van der Waals surface area contributed by atoms with E-state index >= 15 is 0 Å². The standard InChI is InChI=1S/C35H35F2N3O6S/c1-2-18-38-35(42)31(21-25-6-4-3-5-7-25)39(23-26-8-10-27(36)11-9-26)34(41)24-40(29-14-12-28(37)13-15-29)47(43,44)30-16-17-32-33(22-30)46-20-19-45-32/h3-17,22,31H,2,18-21,23-24H2,1H3,(H,38,42). The molecule has 0 saturated heterocycles. The number of amides is 2. The number of hydrogen-bond acceptors (Lipinski definition) is 6. The van der Waals surface area contributed by atoms with E-state index in [2.05, 4.69) is 5.32 Å². The maximum absolute atomic E-state index is 14.4. The largest absolute Gasteiger partial charge is 0.486 e. The van der Waals surface area contributed by atoms with Crippen molar-refractivity contribution in [1.29, 1.82) is 0 Å². The fourth-order valence-corrected chi connectivity index (χ4v) is 6.58. The first-order valence-electron chi connectivity index (χ1n) is 15.2. The maximum atomic E-state index is 14.4. The van der Waals surface area contributed by atoms with Gasteiger partial charge in [0.2, 0.25) is 11.8 Å². The number of nitrogens with one attached hydrogen (secondary N) is 1. The molecule has 9 nitrogen and oxygen atoms in total. The second-order valence-corrected chi connectivity index (χ2v) is 12.8. The molecule has 1 unspecified atom stereocenters. The van der Waals surface area contributed by atoms with Gasteiger partial charge in [0.25, 0.3) is 10.0 Å². The third-order valence-corrected chi connectivity index (χ3v) is 9.35. The molecule has 4 aromatic carbocycles. The van der Waals surface area contributed by atoms with Crippen LogP contribution in [0.4, 0.5) is 14.5 Å². The van der Waals surface area contributed by atoms with E-state index in [1.165, 1.54) is 59.5 Å². The first-order valence-corrected chi connectivity index (χ1v) is 16.6. The quantitative estimate of drug-likeness (QED) is 0.214. The van der Waals surface area contributed by atoms with E-state index in [1.807, 2.05) is 37.3 Å². The summed E-state index contributed by atoms with van der Waals surface area (Å²) in [5.74, 6) is -1.57. The lowest BCUT2D eigenvalue weighted by atomic mass is 10.0. The molecule has 1 atom stereocenters. The predicted octanol–water partition coefficient (Wildman–Crippen LogP) is 5.10. The first kappa shape index (κ1) is 33.4. The Balaban J connectivity index is 1.56. The number of nitrogens with zero attached hydrogens (tertiary/aromatic N) is 2. The summed E-state index contributed by atoms with van der Waals surface area (Å²) in [6.07, 6.45) is 0.788. The third-order valence-electron chi connectivity index (χ3n) is 7.58. The van der Waals surface area contributed by atoms with Gasteiger partial charge < -0.3 is 19.7 Å². The van der Waals surface area contributed by atoms with Crippen LogP contribution in [0.25, 0.3) is 0 Å². The highest BCUT2D eigenvalue weighted by atomic mass is 32.2. The van der Waals surface area contributed by atoms with E-state index in [9.17, 15) is 26.8 Å². The SMILES string of the molecule is CCCNC(=O)C(Cc1ccccc1)N(Cc1ccc(F)cc1)C(=O)CN(c1ccc(F)cc1)S(=O)(=O)c1ccc2c(c1)OCCO2. The fraction of sp³-hybridized carbons (Fsp3) is 0.257. The molecule has 0 aromatic heterocycles. The van der Waals surface area contributed by atoms with Gasteiger partial charge in [-0.15, -0.1) is 0 Å². The van der Waals surface area contributed by atoms with Gasteiger partial charge in [0.15, 0.2) is 11.5 Å². The minimum absolute atomic E-state index is 0.0337. The van der Waals surface area contributed by atoms with Crippen molar-refractivity contribution >= 4 is 27.5 Å². The predicted molar refractivity (Wildman–Crippen MR) is 173 cm³/mol. The second kappa shape index (κ2) is 15.1. The molecule has 1 heterocycles. The number of carbonyl (C=O) groups excluding carboxylic acids is 2. The zero-order valence-corrected chi connectivity index (χ0v) is 26.6. The first-order chi connectivity index (χ1) is 22.7. The second-order valence-electron chi connectivity index (χ2n) is 10.9. The minimum Gasteiger partial charge on any atom is -0.486 e. The monoisotopic (exact) mass is 663 g/mol. The molecule has 246 valence electrons. The summed E-state index contributed by atoms with van der Waals surface area (Å²) in [6, 6.07) is 22.4. The number of hydrogen-bond donors (Lipinski definition) is 1. The average molecular weight is 664 g/mol. The molecule has 1 aliphatic heterocycles. The topological polar surface area (TPSA) is 105 Å². The molecular formula is C35H35F2N3O6S. The van der Waals surface area contributed by atoms with E-state index in [-0.39, 0.29) is 35.9 Å². The van der Waals surface area contributed by atoms with Crippen LogP contribution in [-0.2, 0) is 32.6 Å². The summed E-state index contributed by atoms with van der Waals surface area (Å²) < 4.78 is 68.3. The van der Waals surface area contributed by atoms with Crippen molar-refractivity contribution in [3.05, 3.63) is 120 Å². The molecule has 2 amide bonds. The number of rotatable bonds is 13. The van der Waals surface area contributed by atoms with Gasteiger partial charge in [-0.25, -0.2) is 17.2 Å². The summed E-state index contributed by atoms with van der Waals surface area (Å²) in [5.41, 5.74) is 1.34. The molecule has 47 heavy (non-hydrogen) atoms. The number of halogens is 2. The molecule has 1 N–H and O–H groups in total. The summed E-state index contributed by atoms with van der Waals surface area (Å²) in [7, 11) is -4.45. The normalized spacial score (nSPS) is 13.0. The van der Waals surface area contributed by atoms with Crippen LogP contribution in [0.1, 0.15) is 24.5 Å². The van der Waals surface area contributed by atoms with Gasteiger partial charge in [-0.1, -0.05) is 49.4 Å². The molecule has 0 bridgehead atoms. The third kappa shape index (κ3) is 8.25. The number of sulfonamides is 1. The smallest absolute Gasteiger partial charge is 0.264 e. The van der Waals surface area contributed by atoms with Gasteiger partial charge in [-0.2, -0.15) is 0 Å². The van der Waals surface area contributed by atoms with Crippen LogP contribution in [0.2, 0.25) is 0 Å². The van der Waals surface area contributed by atoms with Crippen molar-refractivity contribution in [3.8, 4) is 11.5 Å². The van der Waals surface area contributed by atoms with E-state index in [4.69, 9.17) is 9.47 Å². The van der Waals surface area contributed by atoms with Crippen LogP contribution in [0.3, 0.4) is 0 Å². The van der Waals surface area contributed by atoms with Crippen LogP contribution >= 0.6 is 0 Å². The lowest BCUT2D eigenvalue weighted by Gasteiger charge is -2.34. The number of fused-ring (bicyclic) bond motifs is 1. The summed E-state index contributed by atoms with van der Waals surface area (Å²) in [5, 5.41) is 2.87. The van der Waals surface area contributed by atoms with Crippen LogP contribution in [-0.4, -0.2) is 57.5 Å². The number of benzene rings is 4. The maximum Gasteiger partial charge on any atom is 0.264 e. The highest BCUT2D eigenvalue weighted by Gasteiger charge is 2.35. The molecule has 0 radical (unpaired) electrons. The molecule has 1 aliphatic rings. The Labute approximate surface area is 272 Å². The molecule has 0 aliphatic carbocycles. The average Bonchev–Trinajstić information content (AvgIpc) is 3.09. The minimum atomic E-state index is -4.45. The Kier molecular flexibility index (Phi) is 10.7. The van der Waals surface area contributed by atoms with Gasteiger partial charge in [0.05, 0.1) is 10.6 Å². The summed E-state index contributed by atoms with van der Waals surface area (Å²) >= 11 is 0. The molecule has 0 spiro atoms. The van der Waals surface area contributed by atoms with Crippen LogP contribution < -0.4 is 19.1 Å². The lowest BCUT2D eigenvalue weighted by Crippen LogP contribution is -2.53. The van der Waals surface area contributed by atoms with E-state index in [0.717, 1.165) is 22.0 Å². The van der Waals surface area contributed by atoms with Crippen molar-refractivity contribution in [2.45, 2.75) is 37.2 Å². The molecule has 4 aromatic rings. The Bertz CT molecular complexity index is 1790. The zero-order chi connectivity index (χ0) is 33.4. The molecular weight excluding hydrogens is 628 g/mol. The van der Waals surface area contributed by atoms with Crippen molar-refractivity contribution < 1.29 is 36.3 Å². The molecule has 0 saturated carbocycles. The van der Waals surface area contributed by atoms with Gasteiger partial charge in [0.1, 0.15) is 37.4 Å². The van der Waals surface area contributed by atoms with Crippen LogP contribution in [0, 0.1) is 11.6 Å². The van der Waals surface area contributed by atoms with Crippen molar-refractivity contribution in [2.24, 2.45) is 0 Å². The Hall–Kier alpha value is -4.97. The van der Waals surface area contributed by atoms with Gasteiger partial charge >= 0.3 is 0 Å². The Morgan fingerprint density at radius 3 is 2.13 bits per heavy atom. The highest BCUT2D eigenvalue weighted by Crippen LogP contribution is 2.34. The number of carbonyl (C=O) groups is 2. The van der Waals surface area contributed by atoms with Gasteiger partial charge in [-0.3, -0.25) is 13.9 Å². The van der Waals surface area contributed by atoms with Gasteiger partial charge in [-0.05, 0) is 66.1 Å². The molecule has 5 rings (SSSR count).